The highest BCUT2D eigenvalue weighted by molar-refractivity contribution is 7.89. The van der Waals surface area contributed by atoms with E-state index in [1.54, 1.807) is 15.3 Å². The minimum Gasteiger partial charge on any atom is -0.485 e. The SMILES string of the molecule is O=C([C@@H]1COc2cc(S(=O)(=O)N3CCC(Cc4ccccc4)CC3)ccc2O1)N1CCOCC1. The highest BCUT2D eigenvalue weighted by Crippen LogP contribution is 2.36. The number of carbonyl (C=O) groups is 1. The summed E-state index contributed by atoms with van der Waals surface area (Å²) in [6.07, 6.45) is 1.91. The number of nitrogens with zero attached hydrogens (tertiary/aromatic N) is 2. The van der Waals surface area contributed by atoms with Crippen LogP contribution in [0.4, 0.5) is 0 Å². The van der Waals surface area contributed by atoms with Gasteiger partial charge in [-0.15, -0.1) is 0 Å². The molecular weight excluding hydrogens is 456 g/mol. The molecule has 1 atom stereocenters. The second-order valence-electron chi connectivity index (χ2n) is 9.00. The fourth-order valence-electron chi connectivity index (χ4n) is 4.77. The molecule has 0 saturated carbocycles. The number of carbonyl (C=O) groups excluding carboxylic acids is 1. The maximum atomic E-state index is 13.3. The van der Waals surface area contributed by atoms with Gasteiger partial charge in [-0.25, -0.2) is 8.42 Å². The molecule has 3 aliphatic rings. The van der Waals surface area contributed by atoms with E-state index in [1.165, 1.54) is 17.7 Å². The van der Waals surface area contributed by atoms with E-state index in [2.05, 4.69) is 12.1 Å². The lowest BCUT2D eigenvalue weighted by molar-refractivity contribution is -0.145. The Morgan fingerprint density at radius 2 is 1.68 bits per heavy atom. The fourth-order valence-corrected chi connectivity index (χ4v) is 6.26. The quantitative estimate of drug-likeness (QED) is 0.645. The van der Waals surface area contributed by atoms with Gasteiger partial charge in [0.15, 0.2) is 11.5 Å². The van der Waals surface area contributed by atoms with Crippen molar-refractivity contribution in [1.82, 2.24) is 9.21 Å². The van der Waals surface area contributed by atoms with Crippen LogP contribution in [0.3, 0.4) is 0 Å². The van der Waals surface area contributed by atoms with E-state index in [-0.39, 0.29) is 17.4 Å². The Kier molecular flexibility index (Phi) is 6.76. The zero-order valence-corrected chi connectivity index (χ0v) is 19.9. The van der Waals surface area contributed by atoms with Gasteiger partial charge in [0, 0.05) is 32.2 Å². The highest BCUT2D eigenvalue weighted by Gasteiger charge is 2.34. The van der Waals surface area contributed by atoms with Crippen molar-refractivity contribution in [2.75, 3.05) is 46.0 Å². The van der Waals surface area contributed by atoms with E-state index in [1.807, 2.05) is 18.2 Å². The lowest BCUT2D eigenvalue weighted by atomic mass is 9.91. The number of piperidine rings is 1. The van der Waals surface area contributed by atoms with Crippen LogP contribution in [0.1, 0.15) is 18.4 Å². The Morgan fingerprint density at radius 3 is 2.41 bits per heavy atom. The van der Waals surface area contributed by atoms with E-state index >= 15 is 0 Å². The Hall–Kier alpha value is -2.62. The zero-order valence-electron chi connectivity index (χ0n) is 19.1. The molecule has 2 aromatic rings. The van der Waals surface area contributed by atoms with Crippen LogP contribution >= 0.6 is 0 Å². The number of sulfonamides is 1. The molecule has 2 aromatic carbocycles. The standard InChI is InChI=1S/C25H30N2O6S/c28-25(26-12-14-31-15-13-26)24-18-32-23-17-21(6-7-22(23)33-24)34(29,30)27-10-8-20(9-11-27)16-19-4-2-1-3-5-19/h1-7,17,20,24H,8-16,18H2/t24-/m0/s1. The van der Waals surface area contributed by atoms with Gasteiger partial charge in [-0.3, -0.25) is 4.79 Å². The molecule has 0 aromatic heterocycles. The molecule has 1 amide bonds. The molecule has 3 aliphatic heterocycles. The number of rotatable bonds is 5. The number of fused-ring (bicyclic) bond motifs is 1. The van der Waals surface area contributed by atoms with Crippen molar-refractivity contribution < 1.29 is 27.4 Å². The Morgan fingerprint density at radius 1 is 0.941 bits per heavy atom. The van der Waals surface area contributed by atoms with Crippen LogP contribution in [-0.2, 0) is 26.0 Å². The minimum atomic E-state index is -3.63. The first kappa shape index (κ1) is 23.1. The summed E-state index contributed by atoms with van der Waals surface area (Å²) in [7, 11) is -3.63. The molecule has 8 nitrogen and oxygen atoms in total. The molecule has 2 saturated heterocycles. The van der Waals surface area contributed by atoms with Crippen LogP contribution in [0.2, 0.25) is 0 Å². The molecule has 0 N–H and O–H groups in total. The summed E-state index contributed by atoms with van der Waals surface area (Å²) in [4.78, 5) is 14.6. The number of ether oxygens (including phenoxy) is 3. The van der Waals surface area contributed by atoms with E-state index in [9.17, 15) is 13.2 Å². The van der Waals surface area contributed by atoms with Gasteiger partial charge in [-0.2, -0.15) is 4.31 Å². The van der Waals surface area contributed by atoms with Gasteiger partial charge in [0.2, 0.25) is 16.1 Å². The number of benzene rings is 2. The molecule has 9 heteroatoms. The summed E-state index contributed by atoms with van der Waals surface area (Å²) < 4.78 is 45.0. The molecule has 3 heterocycles. The Balaban J connectivity index is 1.21. The average Bonchev–Trinajstić information content (AvgIpc) is 2.89. The largest absolute Gasteiger partial charge is 0.485 e. The summed E-state index contributed by atoms with van der Waals surface area (Å²) >= 11 is 0. The number of hydrogen-bond acceptors (Lipinski definition) is 6. The van der Waals surface area contributed by atoms with Crippen LogP contribution in [0.5, 0.6) is 11.5 Å². The normalized spacial score (nSPS) is 21.9. The van der Waals surface area contributed by atoms with E-state index < -0.39 is 16.1 Å². The molecule has 2 fully saturated rings. The van der Waals surface area contributed by atoms with Crippen molar-refractivity contribution in [2.24, 2.45) is 5.92 Å². The van der Waals surface area contributed by atoms with Crippen LogP contribution in [0.15, 0.2) is 53.4 Å². The van der Waals surface area contributed by atoms with Crippen LogP contribution in [-0.4, -0.2) is 75.6 Å². The van der Waals surface area contributed by atoms with Gasteiger partial charge < -0.3 is 19.1 Å². The van der Waals surface area contributed by atoms with Crippen molar-refractivity contribution in [3.63, 3.8) is 0 Å². The van der Waals surface area contributed by atoms with Crippen molar-refractivity contribution in [2.45, 2.75) is 30.3 Å². The van der Waals surface area contributed by atoms with Crippen LogP contribution in [0, 0.1) is 5.92 Å². The summed E-state index contributed by atoms with van der Waals surface area (Å²) in [6.45, 7) is 3.16. The number of hydrogen-bond donors (Lipinski definition) is 0. The third-order valence-electron chi connectivity index (χ3n) is 6.75. The van der Waals surface area contributed by atoms with Crippen LogP contribution in [0.25, 0.3) is 0 Å². The van der Waals surface area contributed by atoms with Crippen molar-refractivity contribution in [3.05, 3.63) is 54.1 Å². The fraction of sp³-hybridized carbons (Fsp3) is 0.480. The highest BCUT2D eigenvalue weighted by atomic mass is 32.2. The topological polar surface area (TPSA) is 85.4 Å². The monoisotopic (exact) mass is 486 g/mol. The number of morpholine rings is 1. The molecule has 0 aliphatic carbocycles. The van der Waals surface area contributed by atoms with Crippen molar-refractivity contribution in [3.8, 4) is 11.5 Å². The van der Waals surface area contributed by atoms with Gasteiger partial charge in [0.05, 0.1) is 18.1 Å². The first-order valence-electron chi connectivity index (χ1n) is 11.8. The predicted octanol–water partition coefficient (Wildman–Crippen LogP) is 2.33. The molecule has 0 radical (unpaired) electrons. The summed E-state index contributed by atoms with van der Waals surface area (Å²) in [5.41, 5.74) is 1.29. The minimum absolute atomic E-state index is 0.0531. The second-order valence-corrected chi connectivity index (χ2v) is 10.9. The lowest BCUT2D eigenvalue weighted by Gasteiger charge is -2.33. The van der Waals surface area contributed by atoms with Crippen LogP contribution < -0.4 is 9.47 Å². The van der Waals surface area contributed by atoms with Crippen molar-refractivity contribution in [1.29, 1.82) is 0 Å². The molecular formula is C25H30N2O6S. The van der Waals surface area contributed by atoms with Gasteiger partial charge in [-0.1, -0.05) is 30.3 Å². The Labute approximate surface area is 200 Å². The summed E-state index contributed by atoms with van der Waals surface area (Å²) in [6, 6.07) is 15.0. The molecule has 5 rings (SSSR count). The molecule has 182 valence electrons. The predicted molar refractivity (Wildman–Crippen MR) is 125 cm³/mol. The van der Waals surface area contributed by atoms with Gasteiger partial charge in [0.1, 0.15) is 6.61 Å². The first-order valence-corrected chi connectivity index (χ1v) is 13.3. The molecule has 0 unspecified atom stereocenters. The molecule has 34 heavy (non-hydrogen) atoms. The van der Waals surface area contributed by atoms with Crippen molar-refractivity contribution >= 4 is 15.9 Å². The third-order valence-corrected chi connectivity index (χ3v) is 8.65. The number of amides is 1. The molecule has 0 spiro atoms. The summed E-state index contributed by atoms with van der Waals surface area (Å²) in [5, 5.41) is 0. The maximum Gasteiger partial charge on any atom is 0.267 e. The lowest BCUT2D eigenvalue weighted by Crippen LogP contribution is -2.50. The van der Waals surface area contributed by atoms with E-state index in [0.717, 1.165) is 19.3 Å². The van der Waals surface area contributed by atoms with E-state index in [0.29, 0.717) is 56.8 Å². The van der Waals surface area contributed by atoms with E-state index in [4.69, 9.17) is 14.2 Å². The zero-order chi connectivity index (χ0) is 23.5. The average molecular weight is 487 g/mol. The van der Waals surface area contributed by atoms with Gasteiger partial charge in [0.25, 0.3) is 5.91 Å². The first-order chi connectivity index (χ1) is 16.5. The summed E-state index contributed by atoms with van der Waals surface area (Å²) in [5.74, 6) is 1.09. The van der Waals surface area contributed by atoms with Gasteiger partial charge >= 0.3 is 0 Å². The smallest absolute Gasteiger partial charge is 0.267 e. The maximum absolute atomic E-state index is 13.3. The second kappa shape index (κ2) is 9.93. The Bertz CT molecular complexity index is 1110. The van der Waals surface area contributed by atoms with Gasteiger partial charge in [-0.05, 0) is 42.9 Å². The molecule has 0 bridgehead atoms. The third kappa shape index (κ3) is 4.92.